The SMILES string of the molecule is CCCC[C@H]1CC[C@H](C#N)CC1. The fourth-order valence-corrected chi connectivity index (χ4v) is 2.07. The number of nitrogens with zero attached hydrogens (tertiary/aromatic N) is 1. The Bertz CT molecular complexity index is 149. The van der Waals surface area contributed by atoms with Crippen molar-refractivity contribution in [3.8, 4) is 6.07 Å². The van der Waals surface area contributed by atoms with Crippen molar-refractivity contribution in [3.63, 3.8) is 0 Å². The minimum atomic E-state index is 0.378. The second-order valence-electron chi connectivity index (χ2n) is 3.99. The third-order valence-electron chi connectivity index (χ3n) is 3.00. The summed E-state index contributed by atoms with van der Waals surface area (Å²) in [5.41, 5.74) is 0. The Morgan fingerprint density at radius 3 is 2.42 bits per heavy atom. The van der Waals surface area contributed by atoms with Crippen LogP contribution in [-0.2, 0) is 0 Å². The zero-order chi connectivity index (χ0) is 8.81. The predicted octanol–water partition coefficient (Wildman–Crippen LogP) is 3.51. The van der Waals surface area contributed by atoms with Crippen molar-refractivity contribution >= 4 is 0 Å². The molecule has 0 saturated heterocycles. The van der Waals surface area contributed by atoms with E-state index in [4.69, 9.17) is 5.26 Å². The van der Waals surface area contributed by atoms with Crippen molar-refractivity contribution < 1.29 is 0 Å². The molecule has 0 aromatic rings. The molecule has 0 spiro atoms. The van der Waals surface area contributed by atoms with E-state index in [1.165, 1.54) is 32.1 Å². The Balaban J connectivity index is 2.14. The third kappa shape index (κ3) is 2.85. The normalized spacial score (nSPS) is 29.7. The fourth-order valence-electron chi connectivity index (χ4n) is 2.07. The summed E-state index contributed by atoms with van der Waals surface area (Å²) in [6.45, 7) is 2.25. The van der Waals surface area contributed by atoms with Crippen LogP contribution in [0.15, 0.2) is 0 Å². The van der Waals surface area contributed by atoms with E-state index >= 15 is 0 Å². The number of unbranched alkanes of at least 4 members (excludes halogenated alkanes) is 1. The lowest BCUT2D eigenvalue weighted by atomic mass is 9.80. The van der Waals surface area contributed by atoms with Gasteiger partial charge in [0.25, 0.3) is 0 Å². The van der Waals surface area contributed by atoms with Gasteiger partial charge in [0, 0.05) is 5.92 Å². The van der Waals surface area contributed by atoms with Crippen LogP contribution in [-0.4, -0.2) is 0 Å². The molecule has 1 saturated carbocycles. The monoisotopic (exact) mass is 165 g/mol. The van der Waals surface area contributed by atoms with Gasteiger partial charge in [0.05, 0.1) is 6.07 Å². The summed E-state index contributed by atoms with van der Waals surface area (Å²) in [6, 6.07) is 2.38. The van der Waals surface area contributed by atoms with E-state index in [0.29, 0.717) is 5.92 Å². The summed E-state index contributed by atoms with van der Waals surface area (Å²) in [7, 11) is 0. The van der Waals surface area contributed by atoms with E-state index < -0.39 is 0 Å². The number of rotatable bonds is 3. The van der Waals surface area contributed by atoms with Crippen molar-refractivity contribution in [2.75, 3.05) is 0 Å². The van der Waals surface area contributed by atoms with Gasteiger partial charge in [0.2, 0.25) is 0 Å². The lowest BCUT2D eigenvalue weighted by Gasteiger charge is -2.24. The molecule has 0 bridgehead atoms. The van der Waals surface area contributed by atoms with Gasteiger partial charge in [-0.25, -0.2) is 0 Å². The first-order chi connectivity index (χ1) is 5.86. The largest absolute Gasteiger partial charge is 0.198 e. The minimum absolute atomic E-state index is 0.378. The first-order valence-corrected chi connectivity index (χ1v) is 5.26. The molecule has 0 radical (unpaired) electrons. The van der Waals surface area contributed by atoms with Crippen LogP contribution in [0.3, 0.4) is 0 Å². The van der Waals surface area contributed by atoms with Gasteiger partial charge >= 0.3 is 0 Å². The summed E-state index contributed by atoms with van der Waals surface area (Å²) in [6.07, 6.45) is 9.01. The third-order valence-corrected chi connectivity index (χ3v) is 3.00. The molecule has 0 N–H and O–H groups in total. The van der Waals surface area contributed by atoms with Gasteiger partial charge in [-0.05, 0) is 31.6 Å². The first-order valence-electron chi connectivity index (χ1n) is 5.26. The zero-order valence-corrected chi connectivity index (χ0v) is 8.05. The van der Waals surface area contributed by atoms with Crippen molar-refractivity contribution in [1.29, 1.82) is 5.26 Å². The van der Waals surface area contributed by atoms with E-state index in [0.717, 1.165) is 18.8 Å². The molecule has 68 valence electrons. The summed E-state index contributed by atoms with van der Waals surface area (Å²) in [5.74, 6) is 1.32. The van der Waals surface area contributed by atoms with Crippen LogP contribution in [0.5, 0.6) is 0 Å². The molecule has 12 heavy (non-hydrogen) atoms. The second kappa shape index (κ2) is 5.19. The average Bonchev–Trinajstić information content (AvgIpc) is 2.15. The molecule has 0 aromatic carbocycles. The Labute approximate surface area is 75.8 Å². The molecule has 0 amide bonds. The average molecular weight is 165 g/mol. The maximum absolute atomic E-state index is 8.70. The molecule has 1 rings (SSSR count). The van der Waals surface area contributed by atoms with Crippen molar-refractivity contribution in [2.45, 2.75) is 51.9 Å². The molecule has 0 aromatic heterocycles. The highest BCUT2D eigenvalue weighted by Crippen LogP contribution is 2.31. The van der Waals surface area contributed by atoms with Gasteiger partial charge in [-0.2, -0.15) is 5.26 Å². The molecule has 1 fully saturated rings. The van der Waals surface area contributed by atoms with Crippen LogP contribution in [0, 0.1) is 23.2 Å². The standard InChI is InChI=1S/C11H19N/c1-2-3-4-10-5-7-11(9-12)8-6-10/h10-11H,2-8H2,1H3/t10-,11-. The van der Waals surface area contributed by atoms with Crippen LogP contribution in [0.25, 0.3) is 0 Å². The summed E-state index contributed by atoms with van der Waals surface area (Å²) in [5, 5.41) is 8.70. The summed E-state index contributed by atoms with van der Waals surface area (Å²) in [4.78, 5) is 0. The van der Waals surface area contributed by atoms with Gasteiger partial charge in [-0.3, -0.25) is 0 Å². The number of hydrogen-bond donors (Lipinski definition) is 0. The summed E-state index contributed by atoms with van der Waals surface area (Å²) < 4.78 is 0. The predicted molar refractivity (Wildman–Crippen MR) is 50.6 cm³/mol. The van der Waals surface area contributed by atoms with Gasteiger partial charge < -0.3 is 0 Å². The van der Waals surface area contributed by atoms with Crippen LogP contribution >= 0.6 is 0 Å². The Kier molecular flexibility index (Phi) is 4.14. The van der Waals surface area contributed by atoms with Gasteiger partial charge in [0.15, 0.2) is 0 Å². The molecule has 0 aliphatic heterocycles. The number of nitriles is 1. The van der Waals surface area contributed by atoms with E-state index in [-0.39, 0.29) is 0 Å². The maximum atomic E-state index is 8.70. The van der Waals surface area contributed by atoms with Crippen LogP contribution < -0.4 is 0 Å². The molecule has 1 heteroatoms. The molecular weight excluding hydrogens is 146 g/mol. The molecule has 1 nitrogen and oxygen atoms in total. The van der Waals surface area contributed by atoms with Gasteiger partial charge in [0.1, 0.15) is 0 Å². The molecule has 1 aliphatic rings. The highest BCUT2D eigenvalue weighted by Gasteiger charge is 2.19. The molecule has 1 aliphatic carbocycles. The summed E-state index contributed by atoms with van der Waals surface area (Å²) >= 11 is 0. The van der Waals surface area contributed by atoms with E-state index in [2.05, 4.69) is 13.0 Å². The van der Waals surface area contributed by atoms with E-state index in [9.17, 15) is 0 Å². The highest BCUT2D eigenvalue weighted by molar-refractivity contribution is 4.86. The quantitative estimate of drug-likeness (QED) is 0.627. The Morgan fingerprint density at radius 2 is 1.92 bits per heavy atom. The van der Waals surface area contributed by atoms with E-state index in [1.807, 2.05) is 0 Å². The van der Waals surface area contributed by atoms with Crippen LogP contribution in [0.4, 0.5) is 0 Å². The fraction of sp³-hybridized carbons (Fsp3) is 0.909. The molecule has 0 unspecified atom stereocenters. The smallest absolute Gasteiger partial charge is 0.0655 e. The Hall–Kier alpha value is -0.510. The highest BCUT2D eigenvalue weighted by atomic mass is 14.3. The number of hydrogen-bond acceptors (Lipinski definition) is 1. The van der Waals surface area contributed by atoms with Crippen LogP contribution in [0.1, 0.15) is 51.9 Å². The van der Waals surface area contributed by atoms with Gasteiger partial charge in [-0.15, -0.1) is 0 Å². The Morgan fingerprint density at radius 1 is 1.25 bits per heavy atom. The van der Waals surface area contributed by atoms with E-state index in [1.54, 1.807) is 0 Å². The lowest BCUT2D eigenvalue weighted by molar-refractivity contribution is 0.294. The molecular formula is C11H19N. The minimum Gasteiger partial charge on any atom is -0.198 e. The van der Waals surface area contributed by atoms with Crippen molar-refractivity contribution in [3.05, 3.63) is 0 Å². The zero-order valence-electron chi connectivity index (χ0n) is 8.05. The second-order valence-corrected chi connectivity index (χ2v) is 3.99. The molecule has 0 atom stereocenters. The molecule has 0 heterocycles. The topological polar surface area (TPSA) is 23.8 Å². The first kappa shape index (κ1) is 9.58. The van der Waals surface area contributed by atoms with Crippen molar-refractivity contribution in [1.82, 2.24) is 0 Å². The maximum Gasteiger partial charge on any atom is 0.0655 e. The van der Waals surface area contributed by atoms with Crippen LogP contribution in [0.2, 0.25) is 0 Å². The lowest BCUT2D eigenvalue weighted by Crippen LogP contribution is -2.12. The van der Waals surface area contributed by atoms with Gasteiger partial charge in [-0.1, -0.05) is 26.2 Å². The van der Waals surface area contributed by atoms with Crippen molar-refractivity contribution in [2.24, 2.45) is 11.8 Å².